The minimum Gasteiger partial charge on any atom is -0.486 e. The fraction of sp³-hybridized carbons (Fsp3) is 0.154. The first-order chi connectivity index (χ1) is 9.19. The molecule has 0 bridgehead atoms. The molecule has 0 aliphatic rings. The van der Waals surface area contributed by atoms with Gasteiger partial charge in [-0.2, -0.15) is 0 Å². The van der Waals surface area contributed by atoms with E-state index >= 15 is 0 Å². The molecule has 6 nitrogen and oxygen atoms in total. The zero-order valence-electron chi connectivity index (χ0n) is 10.5. The lowest BCUT2D eigenvalue weighted by atomic mass is 10.3. The molecule has 6 heteroatoms. The van der Waals surface area contributed by atoms with Gasteiger partial charge in [0.2, 0.25) is 0 Å². The molecule has 2 rings (SSSR count). The topological polar surface area (TPSA) is 90.1 Å². The van der Waals surface area contributed by atoms with Gasteiger partial charge >= 0.3 is 0 Å². The molecule has 0 aliphatic heterocycles. The third-order valence-electron chi connectivity index (χ3n) is 2.44. The summed E-state index contributed by atoms with van der Waals surface area (Å²) in [5, 5.41) is 0. The normalized spacial score (nSPS) is 10.0. The molecular formula is C13H14N4O2. The number of ether oxygens (including phenoxy) is 1. The van der Waals surface area contributed by atoms with Gasteiger partial charge in [0.15, 0.2) is 0 Å². The quantitative estimate of drug-likeness (QED) is 0.484. The SMILES string of the molecule is Cc1ccc(OCc2cccc(C(=O)NN)n2)cn1. The van der Waals surface area contributed by atoms with Gasteiger partial charge in [0.1, 0.15) is 18.1 Å². The van der Waals surface area contributed by atoms with Crippen LogP contribution in [-0.2, 0) is 6.61 Å². The van der Waals surface area contributed by atoms with Crippen molar-refractivity contribution < 1.29 is 9.53 Å². The van der Waals surface area contributed by atoms with E-state index in [1.54, 1.807) is 24.4 Å². The fourth-order valence-corrected chi connectivity index (χ4v) is 1.46. The predicted octanol–water partition coefficient (Wildman–Crippen LogP) is 0.968. The monoisotopic (exact) mass is 258 g/mol. The van der Waals surface area contributed by atoms with Crippen molar-refractivity contribution >= 4 is 5.91 Å². The molecule has 2 aromatic heterocycles. The van der Waals surface area contributed by atoms with Gasteiger partial charge in [-0.3, -0.25) is 15.2 Å². The number of nitrogen functional groups attached to an aromatic ring is 1. The molecule has 0 fully saturated rings. The summed E-state index contributed by atoms with van der Waals surface area (Å²) < 4.78 is 5.53. The van der Waals surface area contributed by atoms with Gasteiger partial charge in [0.05, 0.1) is 11.9 Å². The largest absolute Gasteiger partial charge is 0.486 e. The number of aromatic nitrogens is 2. The summed E-state index contributed by atoms with van der Waals surface area (Å²) in [6.07, 6.45) is 1.64. The van der Waals surface area contributed by atoms with Crippen molar-refractivity contribution in [1.29, 1.82) is 0 Å². The Kier molecular flexibility index (Phi) is 4.04. The Bertz CT molecular complexity index is 569. The summed E-state index contributed by atoms with van der Waals surface area (Å²) >= 11 is 0. The Morgan fingerprint density at radius 1 is 1.37 bits per heavy atom. The summed E-state index contributed by atoms with van der Waals surface area (Å²) in [4.78, 5) is 19.6. The first kappa shape index (κ1) is 13.0. The van der Waals surface area contributed by atoms with E-state index in [-0.39, 0.29) is 12.3 Å². The maximum atomic E-state index is 11.3. The van der Waals surface area contributed by atoms with E-state index in [1.807, 2.05) is 24.5 Å². The van der Waals surface area contributed by atoms with Crippen LogP contribution in [0, 0.1) is 6.92 Å². The van der Waals surface area contributed by atoms with Crippen LogP contribution in [-0.4, -0.2) is 15.9 Å². The maximum Gasteiger partial charge on any atom is 0.283 e. The second-order valence-electron chi connectivity index (χ2n) is 3.91. The average molecular weight is 258 g/mol. The van der Waals surface area contributed by atoms with Gasteiger partial charge in [0.25, 0.3) is 5.91 Å². The number of carbonyl (C=O) groups is 1. The van der Waals surface area contributed by atoms with Crippen LogP contribution in [0.3, 0.4) is 0 Å². The van der Waals surface area contributed by atoms with E-state index in [9.17, 15) is 4.79 Å². The Labute approximate surface area is 110 Å². The number of pyridine rings is 2. The highest BCUT2D eigenvalue weighted by molar-refractivity contribution is 5.91. The number of rotatable bonds is 4. The number of amides is 1. The van der Waals surface area contributed by atoms with E-state index in [4.69, 9.17) is 10.6 Å². The van der Waals surface area contributed by atoms with Crippen molar-refractivity contribution in [2.45, 2.75) is 13.5 Å². The molecule has 2 heterocycles. The molecule has 0 spiro atoms. The van der Waals surface area contributed by atoms with Crippen molar-refractivity contribution in [3.8, 4) is 5.75 Å². The third-order valence-corrected chi connectivity index (χ3v) is 2.44. The molecule has 0 saturated carbocycles. The highest BCUT2D eigenvalue weighted by Gasteiger charge is 2.06. The summed E-state index contributed by atoms with van der Waals surface area (Å²) in [5.41, 5.74) is 3.86. The van der Waals surface area contributed by atoms with E-state index in [0.29, 0.717) is 11.4 Å². The lowest BCUT2D eigenvalue weighted by Gasteiger charge is -2.06. The van der Waals surface area contributed by atoms with Crippen LogP contribution in [0.2, 0.25) is 0 Å². The second kappa shape index (κ2) is 5.92. The fourth-order valence-electron chi connectivity index (χ4n) is 1.46. The van der Waals surface area contributed by atoms with Crippen LogP contribution < -0.4 is 16.0 Å². The van der Waals surface area contributed by atoms with Crippen molar-refractivity contribution in [3.63, 3.8) is 0 Å². The molecule has 2 aromatic rings. The highest BCUT2D eigenvalue weighted by atomic mass is 16.5. The standard InChI is InChI=1S/C13H14N4O2/c1-9-5-6-11(7-15-9)19-8-10-3-2-4-12(16-10)13(18)17-14/h2-7H,8,14H2,1H3,(H,17,18). The van der Waals surface area contributed by atoms with Gasteiger partial charge in [-0.15, -0.1) is 0 Å². The zero-order chi connectivity index (χ0) is 13.7. The van der Waals surface area contributed by atoms with Gasteiger partial charge in [-0.05, 0) is 31.2 Å². The molecule has 19 heavy (non-hydrogen) atoms. The van der Waals surface area contributed by atoms with Gasteiger partial charge in [-0.1, -0.05) is 6.07 Å². The van der Waals surface area contributed by atoms with Crippen LogP contribution in [0.5, 0.6) is 5.75 Å². The summed E-state index contributed by atoms with van der Waals surface area (Å²) in [6.45, 7) is 2.16. The molecule has 0 saturated heterocycles. The number of nitrogens with one attached hydrogen (secondary N) is 1. The van der Waals surface area contributed by atoms with Crippen LogP contribution >= 0.6 is 0 Å². The zero-order valence-corrected chi connectivity index (χ0v) is 10.5. The number of hydrazine groups is 1. The second-order valence-corrected chi connectivity index (χ2v) is 3.91. The number of hydrogen-bond acceptors (Lipinski definition) is 5. The van der Waals surface area contributed by atoms with Crippen LogP contribution in [0.4, 0.5) is 0 Å². The molecule has 98 valence electrons. The molecular weight excluding hydrogens is 244 g/mol. The lowest BCUT2D eigenvalue weighted by molar-refractivity contribution is 0.0948. The minimum absolute atomic E-state index is 0.255. The molecule has 1 amide bonds. The predicted molar refractivity (Wildman–Crippen MR) is 69.2 cm³/mol. The Morgan fingerprint density at radius 3 is 2.89 bits per heavy atom. The Balaban J connectivity index is 2.03. The van der Waals surface area contributed by atoms with Gasteiger partial charge < -0.3 is 4.74 Å². The van der Waals surface area contributed by atoms with E-state index in [2.05, 4.69) is 9.97 Å². The Morgan fingerprint density at radius 2 is 2.21 bits per heavy atom. The first-order valence-electron chi connectivity index (χ1n) is 5.71. The summed E-state index contributed by atoms with van der Waals surface area (Å²) in [5.74, 6) is 5.28. The molecule has 3 N–H and O–H groups in total. The van der Waals surface area contributed by atoms with E-state index < -0.39 is 5.91 Å². The maximum absolute atomic E-state index is 11.3. The summed E-state index contributed by atoms with van der Waals surface area (Å²) in [7, 11) is 0. The number of hydrogen-bond donors (Lipinski definition) is 2. The van der Waals surface area contributed by atoms with Crippen molar-refractivity contribution in [2.24, 2.45) is 5.84 Å². The Hall–Kier alpha value is -2.47. The first-order valence-corrected chi connectivity index (χ1v) is 5.71. The molecule has 0 atom stereocenters. The van der Waals surface area contributed by atoms with Gasteiger partial charge in [-0.25, -0.2) is 10.8 Å². The van der Waals surface area contributed by atoms with Crippen molar-refractivity contribution in [1.82, 2.24) is 15.4 Å². The van der Waals surface area contributed by atoms with E-state index in [0.717, 1.165) is 5.69 Å². The number of nitrogens with two attached hydrogens (primary N) is 1. The van der Waals surface area contributed by atoms with Crippen LogP contribution in [0.25, 0.3) is 0 Å². The minimum atomic E-state index is -0.432. The summed E-state index contributed by atoms with van der Waals surface area (Å²) in [6, 6.07) is 8.78. The smallest absolute Gasteiger partial charge is 0.283 e. The van der Waals surface area contributed by atoms with Crippen molar-refractivity contribution in [3.05, 3.63) is 53.6 Å². The van der Waals surface area contributed by atoms with Crippen LogP contribution in [0.1, 0.15) is 21.9 Å². The molecule has 0 radical (unpaired) electrons. The van der Waals surface area contributed by atoms with Crippen molar-refractivity contribution in [2.75, 3.05) is 0 Å². The van der Waals surface area contributed by atoms with Gasteiger partial charge in [0, 0.05) is 5.69 Å². The number of nitrogens with zero attached hydrogens (tertiary/aromatic N) is 2. The third kappa shape index (κ3) is 3.49. The van der Waals surface area contributed by atoms with E-state index in [1.165, 1.54) is 0 Å². The number of carbonyl (C=O) groups excluding carboxylic acids is 1. The van der Waals surface area contributed by atoms with Crippen LogP contribution in [0.15, 0.2) is 36.5 Å². The average Bonchev–Trinajstić information content (AvgIpc) is 2.46. The highest BCUT2D eigenvalue weighted by Crippen LogP contribution is 2.11. The lowest BCUT2D eigenvalue weighted by Crippen LogP contribution is -2.30. The molecule has 0 aliphatic carbocycles. The number of aryl methyl sites for hydroxylation is 1. The molecule has 0 unspecified atom stereocenters. The molecule has 0 aromatic carbocycles.